The molecule has 0 spiro atoms. The maximum Gasteiger partial charge on any atom is 0.214 e. The third-order valence-electron chi connectivity index (χ3n) is 3.55. The van der Waals surface area contributed by atoms with Crippen LogP contribution in [-0.2, 0) is 13.7 Å². The van der Waals surface area contributed by atoms with Gasteiger partial charge in [0.1, 0.15) is 12.1 Å². The molecule has 124 valence electrons. The lowest BCUT2D eigenvalue weighted by molar-refractivity contribution is 0.271. The quantitative estimate of drug-likeness (QED) is 0.779. The highest BCUT2D eigenvalue weighted by atomic mass is 19.1. The molecule has 0 saturated heterocycles. The molecule has 0 aliphatic carbocycles. The summed E-state index contributed by atoms with van der Waals surface area (Å²) in [5, 5.41) is 17.4. The summed E-state index contributed by atoms with van der Waals surface area (Å²) in [6.45, 7) is 2.10. The van der Waals surface area contributed by atoms with Crippen LogP contribution in [0.3, 0.4) is 0 Å². The number of aryl methyl sites for hydroxylation is 1. The maximum atomic E-state index is 13.8. The van der Waals surface area contributed by atoms with E-state index >= 15 is 0 Å². The average Bonchev–Trinajstić information content (AvgIpc) is 3.00. The van der Waals surface area contributed by atoms with E-state index in [4.69, 9.17) is 4.74 Å². The summed E-state index contributed by atoms with van der Waals surface area (Å²) in [4.78, 5) is 4.22. The monoisotopic (exact) mass is 328 g/mol. The first-order valence-electron chi connectivity index (χ1n) is 7.51. The average molecular weight is 328 g/mol. The van der Waals surface area contributed by atoms with E-state index in [0.29, 0.717) is 29.6 Å². The molecule has 1 aromatic carbocycles. The van der Waals surface area contributed by atoms with Gasteiger partial charge in [0.15, 0.2) is 5.82 Å². The van der Waals surface area contributed by atoms with Crippen molar-refractivity contribution < 1.29 is 14.2 Å². The molecule has 2 aromatic heterocycles. The number of pyridine rings is 1. The highest BCUT2D eigenvalue weighted by Gasteiger charge is 2.15. The molecule has 2 heterocycles. The summed E-state index contributed by atoms with van der Waals surface area (Å²) in [6.07, 6.45) is 1.56. The minimum atomic E-state index is -0.363. The number of rotatable bonds is 5. The van der Waals surface area contributed by atoms with Crippen molar-refractivity contribution in [2.75, 3.05) is 6.61 Å². The summed E-state index contributed by atoms with van der Waals surface area (Å²) < 4.78 is 21.0. The summed E-state index contributed by atoms with van der Waals surface area (Å²) in [7, 11) is 1.79. The fourth-order valence-electron chi connectivity index (χ4n) is 2.50. The Hall–Kier alpha value is -2.80. The van der Waals surface area contributed by atoms with Crippen LogP contribution in [0, 0.1) is 5.82 Å². The van der Waals surface area contributed by atoms with Crippen LogP contribution >= 0.6 is 0 Å². The fraction of sp³-hybridized carbons (Fsp3) is 0.235. The molecule has 0 unspecified atom stereocenters. The van der Waals surface area contributed by atoms with E-state index in [1.165, 1.54) is 12.1 Å². The largest absolute Gasteiger partial charge is 0.478 e. The number of ether oxygens (including phenoxy) is 1. The third-order valence-corrected chi connectivity index (χ3v) is 3.55. The van der Waals surface area contributed by atoms with Crippen molar-refractivity contribution >= 4 is 0 Å². The number of benzene rings is 1. The van der Waals surface area contributed by atoms with E-state index in [2.05, 4.69) is 15.2 Å². The molecule has 0 atom stereocenters. The zero-order valence-electron chi connectivity index (χ0n) is 13.4. The molecule has 0 aliphatic rings. The van der Waals surface area contributed by atoms with Crippen LogP contribution in [0.15, 0.2) is 36.7 Å². The van der Waals surface area contributed by atoms with Gasteiger partial charge in [0.2, 0.25) is 5.88 Å². The van der Waals surface area contributed by atoms with Crippen molar-refractivity contribution in [2.45, 2.75) is 13.5 Å². The van der Waals surface area contributed by atoms with Crippen molar-refractivity contribution in [1.82, 2.24) is 19.7 Å². The van der Waals surface area contributed by atoms with Gasteiger partial charge in [0.25, 0.3) is 0 Å². The Morgan fingerprint density at radius 1 is 1.21 bits per heavy atom. The first-order chi connectivity index (χ1) is 11.6. The number of nitrogens with zero attached hydrogens (tertiary/aromatic N) is 4. The smallest absolute Gasteiger partial charge is 0.214 e. The van der Waals surface area contributed by atoms with E-state index in [1.807, 2.05) is 6.92 Å². The van der Waals surface area contributed by atoms with Crippen LogP contribution in [0.2, 0.25) is 0 Å². The van der Waals surface area contributed by atoms with Crippen LogP contribution in [0.25, 0.3) is 22.5 Å². The SMILES string of the molecule is CCOc1cc(-c2ccc(F)cc2-c2nncn2C)cc(CO)n1. The molecule has 24 heavy (non-hydrogen) atoms. The van der Waals surface area contributed by atoms with Gasteiger partial charge in [0, 0.05) is 18.7 Å². The second-order valence-electron chi connectivity index (χ2n) is 5.23. The molecular weight excluding hydrogens is 311 g/mol. The molecule has 6 nitrogen and oxygen atoms in total. The molecule has 0 saturated carbocycles. The third kappa shape index (κ3) is 3.11. The Balaban J connectivity index is 2.20. The van der Waals surface area contributed by atoms with Crippen molar-refractivity contribution in [3.8, 4) is 28.4 Å². The Morgan fingerprint density at radius 2 is 2.04 bits per heavy atom. The van der Waals surface area contributed by atoms with Gasteiger partial charge in [-0.2, -0.15) is 0 Å². The maximum absolute atomic E-state index is 13.8. The molecule has 0 fully saturated rings. The molecule has 0 radical (unpaired) electrons. The second kappa shape index (κ2) is 6.76. The van der Waals surface area contributed by atoms with E-state index in [1.54, 1.807) is 36.1 Å². The standard InChI is InChI=1S/C17H17FN4O2/c1-3-24-16-7-11(6-13(9-23)20-16)14-5-4-12(18)8-15(14)17-21-19-10-22(17)2/h4-8,10,23H,3,9H2,1-2H3. The first kappa shape index (κ1) is 16.1. The molecule has 3 aromatic rings. The van der Waals surface area contributed by atoms with Crippen LogP contribution in [0.1, 0.15) is 12.6 Å². The fourth-order valence-corrected chi connectivity index (χ4v) is 2.50. The van der Waals surface area contributed by atoms with Gasteiger partial charge in [-0.3, -0.25) is 0 Å². The lowest BCUT2D eigenvalue weighted by atomic mass is 9.99. The highest BCUT2D eigenvalue weighted by molar-refractivity contribution is 5.81. The zero-order valence-corrected chi connectivity index (χ0v) is 13.4. The van der Waals surface area contributed by atoms with Crippen LogP contribution in [-0.4, -0.2) is 31.5 Å². The minimum Gasteiger partial charge on any atom is -0.478 e. The van der Waals surface area contributed by atoms with E-state index < -0.39 is 0 Å². The highest BCUT2D eigenvalue weighted by Crippen LogP contribution is 2.33. The van der Waals surface area contributed by atoms with E-state index in [0.717, 1.165) is 11.1 Å². The van der Waals surface area contributed by atoms with Gasteiger partial charge >= 0.3 is 0 Å². The number of aliphatic hydroxyl groups excluding tert-OH is 1. The van der Waals surface area contributed by atoms with E-state index in [-0.39, 0.29) is 12.4 Å². The van der Waals surface area contributed by atoms with Gasteiger partial charge in [0.05, 0.1) is 18.9 Å². The van der Waals surface area contributed by atoms with Crippen LogP contribution in [0.4, 0.5) is 4.39 Å². The summed E-state index contributed by atoms with van der Waals surface area (Å²) in [5.74, 6) is 0.593. The zero-order chi connectivity index (χ0) is 17.1. The molecule has 0 aliphatic heterocycles. The predicted molar refractivity (Wildman–Crippen MR) is 86.7 cm³/mol. The van der Waals surface area contributed by atoms with Gasteiger partial charge in [-0.15, -0.1) is 10.2 Å². The number of hydrogen-bond donors (Lipinski definition) is 1. The van der Waals surface area contributed by atoms with Crippen LogP contribution < -0.4 is 4.74 Å². The number of halogens is 1. The molecule has 0 bridgehead atoms. The van der Waals surface area contributed by atoms with Crippen molar-refractivity contribution in [1.29, 1.82) is 0 Å². The Kier molecular flexibility index (Phi) is 4.52. The molecule has 1 N–H and O–H groups in total. The predicted octanol–water partition coefficient (Wildman–Crippen LogP) is 2.57. The lowest BCUT2D eigenvalue weighted by Crippen LogP contribution is -2.00. The first-order valence-corrected chi connectivity index (χ1v) is 7.51. The normalized spacial score (nSPS) is 10.8. The number of hydrogen-bond acceptors (Lipinski definition) is 5. The molecule has 7 heteroatoms. The van der Waals surface area contributed by atoms with Crippen LogP contribution in [0.5, 0.6) is 5.88 Å². The topological polar surface area (TPSA) is 73.1 Å². The van der Waals surface area contributed by atoms with Gasteiger partial charge in [-0.1, -0.05) is 6.07 Å². The lowest BCUT2D eigenvalue weighted by Gasteiger charge is -2.12. The summed E-state index contributed by atoms with van der Waals surface area (Å²) in [6, 6.07) is 7.98. The summed E-state index contributed by atoms with van der Waals surface area (Å²) in [5.41, 5.74) is 2.60. The minimum absolute atomic E-state index is 0.214. The number of aromatic nitrogens is 4. The molecular formula is C17H17FN4O2. The van der Waals surface area contributed by atoms with Crippen molar-refractivity contribution in [2.24, 2.45) is 7.05 Å². The molecule has 3 rings (SSSR count). The van der Waals surface area contributed by atoms with Crippen molar-refractivity contribution in [3.05, 3.63) is 48.2 Å². The summed E-state index contributed by atoms with van der Waals surface area (Å²) >= 11 is 0. The van der Waals surface area contributed by atoms with Gasteiger partial charge < -0.3 is 14.4 Å². The number of aliphatic hydroxyl groups is 1. The van der Waals surface area contributed by atoms with Crippen molar-refractivity contribution in [3.63, 3.8) is 0 Å². The van der Waals surface area contributed by atoms with E-state index in [9.17, 15) is 9.50 Å². The second-order valence-corrected chi connectivity index (χ2v) is 5.23. The Morgan fingerprint density at radius 3 is 2.71 bits per heavy atom. The van der Waals surface area contributed by atoms with Gasteiger partial charge in [-0.05, 0) is 36.2 Å². The van der Waals surface area contributed by atoms with Gasteiger partial charge in [-0.25, -0.2) is 9.37 Å². The Bertz CT molecular complexity index is 864. The Labute approximate surface area is 138 Å². The molecule has 0 amide bonds.